The van der Waals surface area contributed by atoms with E-state index in [0.717, 1.165) is 25.7 Å². The van der Waals surface area contributed by atoms with E-state index < -0.39 is 6.09 Å². The molecular weight excluding hydrogens is 214 g/mol. The largest absolute Gasteiger partial charge is 0.473 e. The van der Waals surface area contributed by atoms with Crippen LogP contribution >= 0.6 is 11.8 Å². The SMILES string of the molecule is CCOC1=NC(=O)OC2(CCCCC2)S1. The van der Waals surface area contributed by atoms with E-state index in [1.807, 2.05) is 6.92 Å². The van der Waals surface area contributed by atoms with Crippen molar-refractivity contribution in [1.29, 1.82) is 0 Å². The number of carbonyl (C=O) groups is 1. The Morgan fingerprint density at radius 3 is 2.87 bits per heavy atom. The Hall–Kier alpha value is -0.710. The van der Waals surface area contributed by atoms with E-state index in [1.54, 1.807) is 0 Å². The summed E-state index contributed by atoms with van der Waals surface area (Å²) in [7, 11) is 0. The van der Waals surface area contributed by atoms with Gasteiger partial charge in [0.05, 0.1) is 6.61 Å². The monoisotopic (exact) mass is 229 g/mol. The molecule has 1 saturated carbocycles. The summed E-state index contributed by atoms with van der Waals surface area (Å²) in [4.78, 5) is 14.6. The first-order valence-electron chi connectivity index (χ1n) is 5.37. The number of hydrogen-bond acceptors (Lipinski definition) is 4. The predicted octanol–water partition coefficient (Wildman–Crippen LogP) is 2.92. The zero-order valence-electron chi connectivity index (χ0n) is 8.82. The molecule has 1 amide bonds. The quantitative estimate of drug-likeness (QED) is 0.693. The van der Waals surface area contributed by atoms with Gasteiger partial charge in [-0.05, 0) is 44.4 Å². The standard InChI is InChI=1S/C10H15NO3S/c1-2-13-9-11-8(12)14-10(15-9)6-4-3-5-7-10/h2-7H2,1H3. The molecule has 0 radical (unpaired) electrons. The van der Waals surface area contributed by atoms with Crippen molar-refractivity contribution in [3.63, 3.8) is 0 Å². The highest BCUT2D eigenvalue weighted by Crippen LogP contribution is 2.44. The third kappa shape index (κ3) is 2.45. The zero-order valence-corrected chi connectivity index (χ0v) is 9.64. The van der Waals surface area contributed by atoms with E-state index in [0.29, 0.717) is 11.8 Å². The first-order chi connectivity index (χ1) is 7.24. The molecule has 0 bridgehead atoms. The lowest BCUT2D eigenvalue weighted by atomic mass is 9.97. The molecule has 1 aliphatic carbocycles. The second kappa shape index (κ2) is 4.43. The van der Waals surface area contributed by atoms with E-state index in [9.17, 15) is 4.79 Å². The van der Waals surface area contributed by atoms with Crippen molar-refractivity contribution in [3.05, 3.63) is 0 Å². The molecule has 1 aliphatic heterocycles. The Balaban J connectivity index is 2.09. The molecule has 0 N–H and O–H groups in total. The van der Waals surface area contributed by atoms with E-state index in [1.165, 1.54) is 18.2 Å². The maximum Gasteiger partial charge on any atom is 0.438 e. The maximum atomic E-state index is 11.3. The van der Waals surface area contributed by atoms with Gasteiger partial charge in [-0.15, -0.1) is 4.99 Å². The van der Waals surface area contributed by atoms with Crippen molar-refractivity contribution < 1.29 is 14.3 Å². The van der Waals surface area contributed by atoms with Gasteiger partial charge in [0.15, 0.2) is 4.93 Å². The fourth-order valence-corrected chi connectivity index (χ4v) is 3.16. The molecule has 0 aromatic rings. The summed E-state index contributed by atoms with van der Waals surface area (Å²) in [6.45, 7) is 2.42. The van der Waals surface area contributed by atoms with E-state index in [4.69, 9.17) is 9.47 Å². The third-order valence-electron chi connectivity index (χ3n) is 2.61. The van der Waals surface area contributed by atoms with Gasteiger partial charge < -0.3 is 9.47 Å². The molecule has 4 nitrogen and oxygen atoms in total. The highest BCUT2D eigenvalue weighted by Gasteiger charge is 2.42. The van der Waals surface area contributed by atoms with Crippen LogP contribution in [0.15, 0.2) is 4.99 Å². The van der Waals surface area contributed by atoms with Gasteiger partial charge >= 0.3 is 6.09 Å². The molecule has 2 aliphatic rings. The van der Waals surface area contributed by atoms with Crippen molar-refractivity contribution in [1.82, 2.24) is 0 Å². The van der Waals surface area contributed by atoms with Crippen LogP contribution in [0.3, 0.4) is 0 Å². The van der Waals surface area contributed by atoms with Crippen LogP contribution < -0.4 is 0 Å². The molecule has 84 valence electrons. The Morgan fingerprint density at radius 1 is 1.47 bits per heavy atom. The van der Waals surface area contributed by atoms with Gasteiger partial charge in [-0.1, -0.05) is 6.42 Å². The lowest BCUT2D eigenvalue weighted by molar-refractivity contribution is 0.0564. The normalized spacial score (nSPS) is 24.6. The van der Waals surface area contributed by atoms with Gasteiger partial charge in [-0.25, -0.2) is 4.79 Å². The fraction of sp³-hybridized carbons (Fsp3) is 0.800. The third-order valence-corrected chi connectivity index (χ3v) is 3.86. The molecule has 15 heavy (non-hydrogen) atoms. The van der Waals surface area contributed by atoms with Gasteiger partial charge in [0, 0.05) is 0 Å². The zero-order chi connectivity index (χ0) is 10.7. The molecule has 1 spiro atoms. The van der Waals surface area contributed by atoms with Crippen LogP contribution in [0.2, 0.25) is 0 Å². The number of carbonyl (C=O) groups excluding carboxylic acids is 1. The Morgan fingerprint density at radius 2 is 2.20 bits per heavy atom. The maximum absolute atomic E-state index is 11.3. The molecule has 5 heteroatoms. The summed E-state index contributed by atoms with van der Waals surface area (Å²) in [6, 6.07) is 0. The average Bonchev–Trinajstić information content (AvgIpc) is 2.17. The van der Waals surface area contributed by atoms with Crippen LogP contribution in [0.1, 0.15) is 39.0 Å². The second-order valence-electron chi connectivity index (χ2n) is 3.75. The van der Waals surface area contributed by atoms with E-state index in [-0.39, 0.29) is 4.93 Å². The minimum atomic E-state index is -0.501. The molecule has 0 unspecified atom stereocenters. The van der Waals surface area contributed by atoms with Crippen LogP contribution in [-0.2, 0) is 9.47 Å². The van der Waals surface area contributed by atoms with Crippen molar-refractivity contribution in [2.75, 3.05) is 6.61 Å². The van der Waals surface area contributed by atoms with Gasteiger partial charge in [-0.2, -0.15) is 0 Å². The van der Waals surface area contributed by atoms with Gasteiger partial charge in [0.1, 0.15) is 0 Å². The van der Waals surface area contributed by atoms with Crippen LogP contribution in [0, 0.1) is 0 Å². The van der Waals surface area contributed by atoms with Crippen LogP contribution in [0.4, 0.5) is 4.79 Å². The average molecular weight is 229 g/mol. The van der Waals surface area contributed by atoms with Crippen LogP contribution in [0.5, 0.6) is 0 Å². The van der Waals surface area contributed by atoms with Gasteiger partial charge in [0.25, 0.3) is 5.23 Å². The number of aliphatic imine (C=N–C) groups is 1. The number of amides is 1. The molecule has 0 aromatic carbocycles. The Kier molecular flexibility index (Phi) is 3.19. The van der Waals surface area contributed by atoms with E-state index >= 15 is 0 Å². The molecule has 0 aromatic heterocycles. The number of nitrogens with zero attached hydrogens (tertiary/aromatic N) is 1. The van der Waals surface area contributed by atoms with Crippen molar-refractivity contribution in [2.45, 2.75) is 44.0 Å². The highest BCUT2D eigenvalue weighted by atomic mass is 32.2. The molecule has 2 rings (SSSR count). The summed E-state index contributed by atoms with van der Waals surface area (Å²) >= 11 is 1.47. The molecule has 1 fully saturated rings. The fourth-order valence-electron chi connectivity index (χ4n) is 1.94. The van der Waals surface area contributed by atoms with Gasteiger partial charge in [-0.3, -0.25) is 0 Å². The molecule has 0 saturated heterocycles. The minimum Gasteiger partial charge on any atom is -0.473 e. The van der Waals surface area contributed by atoms with Crippen molar-refractivity contribution in [2.24, 2.45) is 4.99 Å². The first-order valence-corrected chi connectivity index (χ1v) is 6.19. The number of ether oxygens (including phenoxy) is 2. The summed E-state index contributed by atoms with van der Waals surface area (Å²) in [5, 5.41) is 0.468. The van der Waals surface area contributed by atoms with Crippen LogP contribution in [-0.4, -0.2) is 22.9 Å². The van der Waals surface area contributed by atoms with E-state index in [2.05, 4.69) is 4.99 Å². The highest BCUT2D eigenvalue weighted by molar-refractivity contribution is 8.14. The van der Waals surface area contributed by atoms with Crippen LogP contribution in [0.25, 0.3) is 0 Å². The lowest BCUT2D eigenvalue weighted by Gasteiger charge is -2.36. The summed E-state index contributed by atoms with van der Waals surface area (Å²) < 4.78 is 10.6. The smallest absolute Gasteiger partial charge is 0.438 e. The van der Waals surface area contributed by atoms with Crippen molar-refractivity contribution >= 4 is 23.1 Å². The van der Waals surface area contributed by atoms with Crippen molar-refractivity contribution in [3.8, 4) is 0 Å². The second-order valence-corrected chi connectivity index (χ2v) is 5.05. The first kappa shape index (κ1) is 10.8. The summed E-state index contributed by atoms with van der Waals surface area (Å²) in [6.07, 6.45) is 4.77. The minimum absolute atomic E-state index is 0.387. The summed E-state index contributed by atoms with van der Waals surface area (Å²) in [5.41, 5.74) is 0. The molecule has 0 atom stereocenters. The number of rotatable bonds is 1. The van der Waals surface area contributed by atoms with Gasteiger partial charge in [0.2, 0.25) is 0 Å². The summed E-state index contributed by atoms with van der Waals surface area (Å²) in [5.74, 6) is 0. The Bertz CT molecular complexity index is 284. The topological polar surface area (TPSA) is 47.9 Å². The predicted molar refractivity (Wildman–Crippen MR) is 58.9 cm³/mol. The lowest BCUT2D eigenvalue weighted by Crippen LogP contribution is -2.38. The number of hydrogen-bond donors (Lipinski definition) is 0. The number of thioether (sulfide) groups is 1. The molecular formula is C10H15NO3S. The Labute approximate surface area is 93.4 Å². The molecule has 1 heterocycles.